The molecule has 0 saturated carbocycles. The molecular weight excluding hydrogens is 236 g/mol. The van der Waals surface area contributed by atoms with E-state index in [1.165, 1.54) is 56.3 Å². The van der Waals surface area contributed by atoms with Crippen LogP contribution in [0, 0.1) is 0 Å². The van der Waals surface area contributed by atoms with Crippen LogP contribution in [0.2, 0.25) is 0 Å². The zero-order chi connectivity index (χ0) is 11.2. The van der Waals surface area contributed by atoms with Crippen molar-refractivity contribution in [1.29, 1.82) is 0 Å². The van der Waals surface area contributed by atoms with Crippen molar-refractivity contribution in [3.05, 3.63) is 0 Å². The second kappa shape index (κ2) is 7.14. The lowest BCUT2D eigenvalue weighted by molar-refractivity contribution is 0.266. The van der Waals surface area contributed by atoms with Crippen molar-refractivity contribution in [2.24, 2.45) is 0 Å². The third-order valence-electron chi connectivity index (χ3n) is 3.47. The van der Waals surface area contributed by atoms with E-state index in [1.54, 1.807) is 0 Å². The largest absolute Gasteiger partial charge is 0.312 e. The second-order valence-corrected chi connectivity index (χ2v) is 7.27. The standard InChI is InChI=1S/C12H24N2S2/c1-2-12-9-14(6-8-16-12)5-3-11-10-15-7-4-13-11/h11-13H,2-10H2,1H3. The van der Waals surface area contributed by atoms with Gasteiger partial charge in [0, 0.05) is 48.2 Å². The Balaban J connectivity index is 1.64. The molecule has 0 bridgehead atoms. The second-order valence-electron chi connectivity index (χ2n) is 4.72. The first kappa shape index (κ1) is 13.1. The summed E-state index contributed by atoms with van der Waals surface area (Å²) in [5.41, 5.74) is 0. The van der Waals surface area contributed by atoms with Crippen LogP contribution in [0.1, 0.15) is 19.8 Å². The minimum absolute atomic E-state index is 0.772. The lowest BCUT2D eigenvalue weighted by Crippen LogP contribution is -2.43. The average Bonchev–Trinajstić information content (AvgIpc) is 2.38. The molecule has 2 heterocycles. The number of nitrogens with one attached hydrogen (secondary N) is 1. The molecule has 0 spiro atoms. The van der Waals surface area contributed by atoms with E-state index in [9.17, 15) is 0 Å². The molecule has 16 heavy (non-hydrogen) atoms. The van der Waals surface area contributed by atoms with Crippen LogP contribution in [-0.2, 0) is 0 Å². The average molecular weight is 260 g/mol. The number of hydrogen-bond donors (Lipinski definition) is 1. The Morgan fingerprint density at radius 1 is 1.38 bits per heavy atom. The van der Waals surface area contributed by atoms with E-state index in [-0.39, 0.29) is 0 Å². The maximum absolute atomic E-state index is 3.63. The van der Waals surface area contributed by atoms with Crippen molar-refractivity contribution < 1.29 is 0 Å². The SMILES string of the molecule is CCC1CN(CCC2CSCCN2)CCS1. The van der Waals surface area contributed by atoms with Gasteiger partial charge in [0.05, 0.1) is 0 Å². The van der Waals surface area contributed by atoms with Gasteiger partial charge < -0.3 is 10.2 Å². The number of rotatable bonds is 4. The Morgan fingerprint density at radius 2 is 2.31 bits per heavy atom. The lowest BCUT2D eigenvalue weighted by Gasteiger charge is -2.33. The Labute approximate surface area is 108 Å². The van der Waals surface area contributed by atoms with Crippen molar-refractivity contribution in [3.63, 3.8) is 0 Å². The molecule has 0 aromatic carbocycles. The summed E-state index contributed by atoms with van der Waals surface area (Å²) < 4.78 is 0. The van der Waals surface area contributed by atoms with Gasteiger partial charge in [0.15, 0.2) is 0 Å². The predicted molar refractivity (Wildman–Crippen MR) is 76.7 cm³/mol. The molecule has 2 aliphatic heterocycles. The van der Waals surface area contributed by atoms with Gasteiger partial charge in [-0.3, -0.25) is 0 Å². The summed E-state index contributed by atoms with van der Waals surface area (Å²) >= 11 is 4.28. The molecule has 94 valence electrons. The van der Waals surface area contributed by atoms with Crippen LogP contribution in [0.4, 0.5) is 0 Å². The summed E-state index contributed by atoms with van der Waals surface area (Å²) in [5.74, 6) is 3.96. The molecule has 2 unspecified atom stereocenters. The molecule has 4 heteroatoms. The first-order valence-corrected chi connectivity index (χ1v) is 8.74. The van der Waals surface area contributed by atoms with Gasteiger partial charge in [-0.1, -0.05) is 6.92 Å². The summed E-state index contributed by atoms with van der Waals surface area (Å²) in [6, 6.07) is 0.772. The highest BCUT2D eigenvalue weighted by atomic mass is 32.2. The van der Waals surface area contributed by atoms with Crippen LogP contribution in [0.25, 0.3) is 0 Å². The third kappa shape index (κ3) is 4.13. The lowest BCUT2D eigenvalue weighted by atomic mass is 10.2. The normalized spacial score (nSPS) is 32.8. The van der Waals surface area contributed by atoms with E-state index in [0.717, 1.165) is 11.3 Å². The van der Waals surface area contributed by atoms with Crippen LogP contribution in [0.3, 0.4) is 0 Å². The van der Waals surface area contributed by atoms with Crippen LogP contribution in [0.15, 0.2) is 0 Å². The number of thioether (sulfide) groups is 2. The maximum Gasteiger partial charge on any atom is 0.0172 e. The van der Waals surface area contributed by atoms with Gasteiger partial charge in [-0.25, -0.2) is 0 Å². The molecule has 0 amide bonds. The molecule has 0 aromatic rings. The zero-order valence-corrected chi connectivity index (χ0v) is 11.9. The fourth-order valence-corrected chi connectivity index (χ4v) is 4.62. The molecular formula is C12H24N2S2. The van der Waals surface area contributed by atoms with Crippen molar-refractivity contribution in [3.8, 4) is 0 Å². The fraction of sp³-hybridized carbons (Fsp3) is 1.00. The third-order valence-corrected chi connectivity index (χ3v) is 5.97. The molecule has 2 rings (SSSR count). The Morgan fingerprint density at radius 3 is 3.06 bits per heavy atom. The number of nitrogens with zero attached hydrogens (tertiary/aromatic N) is 1. The molecule has 2 nitrogen and oxygen atoms in total. The monoisotopic (exact) mass is 260 g/mol. The van der Waals surface area contributed by atoms with Crippen molar-refractivity contribution >= 4 is 23.5 Å². The van der Waals surface area contributed by atoms with Crippen LogP contribution < -0.4 is 5.32 Å². The van der Waals surface area contributed by atoms with Gasteiger partial charge in [-0.15, -0.1) is 0 Å². The molecule has 0 aromatic heterocycles. The van der Waals surface area contributed by atoms with E-state index in [1.807, 2.05) is 0 Å². The summed E-state index contributed by atoms with van der Waals surface area (Å²) in [7, 11) is 0. The summed E-state index contributed by atoms with van der Waals surface area (Å²) in [6.45, 7) is 7.46. The molecule has 2 atom stereocenters. The molecule has 2 aliphatic rings. The fourth-order valence-electron chi connectivity index (χ4n) is 2.37. The van der Waals surface area contributed by atoms with Gasteiger partial charge in [-0.05, 0) is 19.4 Å². The molecule has 0 aliphatic carbocycles. The first-order chi connectivity index (χ1) is 7.88. The van der Waals surface area contributed by atoms with E-state index in [2.05, 4.69) is 40.7 Å². The molecule has 0 radical (unpaired) electrons. The van der Waals surface area contributed by atoms with E-state index in [4.69, 9.17) is 0 Å². The van der Waals surface area contributed by atoms with Gasteiger partial charge in [0.25, 0.3) is 0 Å². The summed E-state index contributed by atoms with van der Waals surface area (Å²) in [4.78, 5) is 2.67. The van der Waals surface area contributed by atoms with Crippen LogP contribution in [0.5, 0.6) is 0 Å². The zero-order valence-electron chi connectivity index (χ0n) is 10.3. The Hall–Kier alpha value is 0.620. The van der Waals surface area contributed by atoms with Crippen molar-refractivity contribution in [2.45, 2.75) is 31.1 Å². The number of hydrogen-bond acceptors (Lipinski definition) is 4. The smallest absolute Gasteiger partial charge is 0.0172 e. The van der Waals surface area contributed by atoms with Gasteiger partial charge >= 0.3 is 0 Å². The summed E-state index contributed by atoms with van der Waals surface area (Å²) in [6.07, 6.45) is 2.67. The van der Waals surface area contributed by atoms with Gasteiger partial charge in [-0.2, -0.15) is 23.5 Å². The highest BCUT2D eigenvalue weighted by Gasteiger charge is 2.20. The van der Waals surface area contributed by atoms with E-state index >= 15 is 0 Å². The molecule has 2 fully saturated rings. The van der Waals surface area contributed by atoms with Crippen molar-refractivity contribution in [1.82, 2.24) is 10.2 Å². The van der Waals surface area contributed by atoms with E-state index < -0.39 is 0 Å². The predicted octanol–water partition coefficient (Wildman–Crippen LogP) is 1.91. The van der Waals surface area contributed by atoms with Gasteiger partial charge in [0.1, 0.15) is 0 Å². The minimum atomic E-state index is 0.772. The van der Waals surface area contributed by atoms with Crippen LogP contribution in [-0.4, -0.2) is 59.6 Å². The topological polar surface area (TPSA) is 15.3 Å². The van der Waals surface area contributed by atoms with E-state index in [0.29, 0.717) is 0 Å². The molecule has 1 N–H and O–H groups in total. The highest BCUT2D eigenvalue weighted by Crippen LogP contribution is 2.21. The quantitative estimate of drug-likeness (QED) is 0.830. The highest BCUT2D eigenvalue weighted by molar-refractivity contribution is 8.00. The first-order valence-electron chi connectivity index (χ1n) is 6.53. The minimum Gasteiger partial charge on any atom is -0.312 e. The summed E-state index contributed by atoms with van der Waals surface area (Å²) in [5, 5.41) is 4.52. The van der Waals surface area contributed by atoms with Crippen LogP contribution >= 0.6 is 23.5 Å². The van der Waals surface area contributed by atoms with Gasteiger partial charge in [0.2, 0.25) is 0 Å². The van der Waals surface area contributed by atoms with Crippen molar-refractivity contribution in [2.75, 3.05) is 43.4 Å². The molecule has 2 saturated heterocycles. The Bertz CT molecular complexity index is 195. The maximum atomic E-state index is 3.63. The Kier molecular flexibility index (Phi) is 5.83.